The van der Waals surface area contributed by atoms with Gasteiger partial charge in [0.2, 0.25) is 5.91 Å². The van der Waals surface area contributed by atoms with E-state index in [1.165, 1.54) is 0 Å². The third-order valence-corrected chi connectivity index (χ3v) is 4.43. The quantitative estimate of drug-likeness (QED) is 0.576. The van der Waals surface area contributed by atoms with Crippen molar-refractivity contribution in [3.63, 3.8) is 0 Å². The average molecular weight is 391 g/mol. The molecule has 6 heteroatoms. The Labute approximate surface area is 168 Å². The summed E-state index contributed by atoms with van der Waals surface area (Å²) < 4.78 is 5.10. The normalized spacial score (nSPS) is 11.6. The van der Waals surface area contributed by atoms with Crippen molar-refractivity contribution in [2.45, 2.75) is 25.5 Å². The molecule has 3 aromatic rings. The van der Waals surface area contributed by atoms with Crippen molar-refractivity contribution < 1.29 is 24.2 Å². The van der Waals surface area contributed by atoms with Crippen LogP contribution in [-0.2, 0) is 32.1 Å². The third-order valence-electron chi connectivity index (χ3n) is 4.43. The second-order valence-electron chi connectivity index (χ2n) is 6.67. The number of carbonyl (C=O) groups excluding carboxylic acids is 2. The van der Waals surface area contributed by atoms with Gasteiger partial charge in [-0.1, -0.05) is 72.8 Å². The van der Waals surface area contributed by atoms with Crippen molar-refractivity contribution in [2.24, 2.45) is 0 Å². The van der Waals surface area contributed by atoms with E-state index in [0.717, 1.165) is 21.9 Å². The maximum Gasteiger partial charge on any atom is 0.326 e. The Morgan fingerprint density at radius 1 is 0.862 bits per heavy atom. The molecule has 0 bridgehead atoms. The van der Waals surface area contributed by atoms with Crippen LogP contribution in [0.25, 0.3) is 10.8 Å². The van der Waals surface area contributed by atoms with E-state index >= 15 is 0 Å². The topological polar surface area (TPSA) is 92.7 Å². The summed E-state index contributed by atoms with van der Waals surface area (Å²) in [6, 6.07) is 21.1. The molecule has 0 fully saturated rings. The Morgan fingerprint density at radius 2 is 1.55 bits per heavy atom. The van der Waals surface area contributed by atoms with Crippen LogP contribution < -0.4 is 5.32 Å². The lowest BCUT2D eigenvalue weighted by Crippen LogP contribution is -2.43. The van der Waals surface area contributed by atoms with E-state index < -0.39 is 30.3 Å². The molecule has 1 amide bonds. The molecule has 0 heterocycles. The smallest absolute Gasteiger partial charge is 0.326 e. The van der Waals surface area contributed by atoms with Gasteiger partial charge in [-0.05, 0) is 21.9 Å². The average Bonchev–Trinajstić information content (AvgIpc) is 2.72. The third kappa shape index (κ3) is 5.90. The Hall–Kier alpha value is -3.67. The van der Waals surface area contributed by atoms with E-state index in [1.54, 1.807) is 12.1 Å². The summed E-state index contributed by atoms with van der Waals surface area (Å²) in [4.78, 5) is 35.7. The Morgan fingerprint density at radius 3 is 2.28 bits per heavy atom. The SMILES string of the molecule is O=C(Cc1ccc2ccccc2c1)N[C@@H](CC(=O)OCc1ccccc1)C(=O)O. The first kappa shape index (κ1) is 20.1. The molecule has 0 aliphatic rings. The first-order chi connectivity index (χ1) is 14.0. The van der Waals surface area contributed by atoms with Crippen molar-refractivity contribution in [3.05, 3.63) is 83.9 Å². The highest BCUT2D eigenvalue weighted by Gasteiger charge is 2.24. The monoisotopic (exact) mass is 391 g/mol. The number of hydrogen-bond acceptors (Lipinski definition) is 4. The van der Waals surface area contributed by atoms with Gasteiger partial charge < -0.3 is 15.2 Å². The molecular weight excluding hydrogens is 370 g/mol. The minimum atomic E-state index is -1.34. The van der Waals surface area contributed by atoms with E-state index in [1.807, 2.05) is 60.7 Å². The van der Waals surface area contributed by atoms with Crippen LogP contribution in [0.1, 0.15) is 17.5 Å². The minimum absolute atomic E-state index is 0.0215. The molecule has 148 valence electrons. The van der Waals surface area contributed by atoms with Gasteiger partial charge >= 0.3 is 11.9 Å². The first-order valence-corrected chi connectivity index (χ1v) is 9.20. The molecule has 0 unspecified atom stereocenters. The standard InChI is InChI=1S/C23H21NO5/c25-21(13-17-10-11-18-8-4-5-9-19(18)12-17)24-20(23(27)28)14-22(26)29-15-16-6-2-1-3-7-16/h1-12,20H,13-15H2,(H,24,25)(H,27,28)/t20-/m0/s1. The Bertz CT molecular complexity index is 1020. The van der Waals surface area contributed by atoms with E-state index in [2.05, 4.69) is 5.32 Å². The molecule has 0 radical (unpaired) electrons. The predicted molar refractivity (Wildman–Crippen MR) is 108 cm³/mol. The molecule has 0 aliphatic carbocycles. The summed E-state index contributed by atoms with van der Waals surface area (Å²) in [7, 11) is 0. The number of benzene rings is 3. The summed E-state index contributed by atoms with van der Waals surface area (Å²) >= 11 is 0. The van der Waals surface area contributed by atoms with Gasteiger partial charge in [0.05, 0.1) is 12.8 Å². The molecule has 0 aromatic heterocycles. The zero-order valence-corrected chi connectivity index (χ0v) is 15.7. The number of carboxylic acids is 1. The van der Waals surface area contributed by atoms with Gasteiger partial charge in [0, 0.05) is 0 Å². The lowest BCUT2D eigenvalue weighted by atomic mass is 10.0. The van der Waals surface area contributed by atoms with Gasteiger partial charge in [-0.3, -0.25) is 9.59 Å². The number of rotatable bonds is 8. The highest BCUT2D eigenvalue weighted by Crippen LogP contribution is 2.16. The van der Waals surface area contributed by atoms with Gasteiger partial charge in [0.1, 0.15) is 12.6 Å². The number of amides is 1. The molecule has 29 heavy (non-hydrogen) atoms. The zero-order chi connectivity index (χ0) is 20.6. The van der Waals surface area contributed by atoms with E-state index in [-0.39, 0.29) is 13.0 Å². The number of hydrogen-bond donors (Lipinski definition) is 2. The second kappa shape index (κ2) is 9.50. The number of carbonyl (C=O) groups is 3. The van der Waals surface area contributed by atoms with Crippen LogP contribution in [0.4, 0.5) is 0 Å². The maximum absolute atomic E-state index is 12.3. The van der Waals surface area contributed by atoms with E-state index in [0.29, 0.717) is 0 Å². The first-order valence-electron chi connectivity index (χ1n) is 9.20. The van der Waals surface area contributed by atoms with Crippen molar-refractivity contribution in [1.82, 2.24) is 5.32 Å². The lowest BCUT2D eigenvalue weighted by Gasteiger charge is -2.14. The zero-order valence-electron chi connectivity index (χ0n) is 15.7. The summed E-state index contributed by atoms with van der Waals surface area (Å²) in [6.45, 7) is 0.0526. The molecule has 0 aliphatic heterocycles. The van der Waals surface area contributed by atoms with Crippen LogP contribution >= 0.6 is 0 Å². The van der Waals surface area contributed by atoms with Crippen molar-refractivity contribution >= 4 is 28.6 Å². The molecule has 0 spiro atoms. The summed E-state index contributed by atoms with van der Waals surface area (Å²) in [6.07, 6.45) is -0.417. The molecule has 2 N–H and O–H groups in total. The second-order valence-corrected chi connectivity index (χ2v) is 6.67. The van der Waals surface area contributed by atoms with Crippen LogP contribution in [0.15, 0.2) is 72.8 Å². The maximum atomic E-state index is 12.3. The van der Waals surface area contributed by atoms with Gasteiger partial charge in [-0.15, -0.1) is 0 Å². The molecule has 0 saturated heterocycles. The summed E-state index contributed by atoms with van der Waals surface area (Å²) in [5.41, 5.74) is 1.56. The summed E-state index contributed by atoms with van der Waals surface area (Å²) in [5, 5.41) is 13.8. The minimum Gasteiger partial charge on any atom is -0.480 e. The number of aliphatic carboxylic acids is 1. The van der Waals surface area contributed by atoms with Crippen LogP contribution in [-0.4, -0.2) is 29.0 Å². The van der Waals surface area contributed by atoms with Crippen LogP contribution in [0.3, 0.4) is 0 Å². The van der Waals surface area contributed by atoms with Crippen LogP contribution in [0, 0.1) is 0 Å². The van der Waals surface area contributed by atoms with E-state index in [9.17, 15) is 19.5 Å². The van der Waals surface area contributed by atoms with Gasteiger partial charge in [-0.2, -0.15) is 0 Å². The fraction of sp³-hybridized carbons (Fsp3) is 0.174. The number of esters is 1. The Balaban J connectivity index is 1.55. The fourth-order valence-electron chi connectivity index (χ4n) is 2.94. The molecule has 3 aromatic carbocycles. The van der Waals surface area contributed by atoms with E-state index in [4.69, 9.17) is 4.74 Å². The van der Waals surface area contributed by atoms with Gasteiger partial charge in [0.25, 0.3) is 0 Å². The predicted octanol–water partition coefficient (Wildman–Crippen LogP) is 3.09. The highest BCUT2D eigenvalue weighted by molar-refractivity contribution is 5.89. The fourth-order valence-corrected chi connectivity index (χ4v) is 2.94. The summed E-state index contributed by atoms with van der Waals surface area (Å²) in [5.74, 6) is -2.44. The number of fused-ring (bicyclic) bond motifs is 1. The van der Waals surface area contributed by atoms with Crippen LogP contribution in [0.5, 0.6) is 0 Å². The molecule has 3 rings (SSSR count). The Kier molecular flexibility index (Phi) is 6.58. The highest BCUT2D eigenvalue weighted by atomic mass is 16.5. The van der Waals surface area contributed by atoms with Crippen LogP contribution in [0.2, 0.25) is 0 Å². The lowest BCUT2D eigenvalue weighted by molar-refractivity contribution is -0.151. The number of nitrogens with one attached hydrogen (secondary N) is 1. The molecule has 6 nitrogen and oxygen atoms in total. The van der Waals surface area contributed by atoms with Crippen molar-refractivity contribution in [3.8, 4) is 0 Å². The number of carboxylic acid groups (broad SMARTS) is 1. The largest absolute Gasteiger partial charge is 0.480 e. The van der Waals surface area contributed by atoms with Crippen molar-refractivity contribution in [1.29, 1.82) is 0 Å². The van der Waals surface area contributed by atoms with Crippen molar-refractivity contribution in [2.75, 3.05) is 0 Å². The van der Waals surface area contributed by atoms with Gasteiger partial charge in [-0.25, -0.2) is 4.79 Å². The molecule has 0 saturated carbocycles. The molecule has 1 atom stereocenters. The number of ether oxygens (including phenoxy) is 1. The molecular formula is C23H21NO5. The van der Waals surface area contributed by atoms with Gasteiger partial charge in [0.15, 0.2) is 0 Å².